The molecule has 0 aliphatic heterocycles. The van der Waals surface area contributed by atoms with Gasteiger partial charge in [-0.15, -0.1) is 0 Å². The van der Waals surface area contributed by atoms with Crippen LogP contribution in [-0.4, -0.2) is 34.0 Å². The number of hydrogen-bond acceptors (Lipinski definition) is 6. The monoisotopic (exact) mass is 443 g/mol. The Balaban J connectivity index is 1.83. The number of ether oxygens (including phenoxy) is 1. The van der Waals surface area contributed by atoms with E-state index in [1.165, 1.54) is 6.92 Å². The largest absolute Gasteiger partial charge is 0.476 e. The standard InChI is InChI=1S/C20H22BrN5O2/c1-12(15-5-4-6-16(21)9-15)24-20-17-10-19(28-8-7-22-14(3)27)23-11-18(17)25-13(2)26-20/h4-6,9-12H,7-8H2,1-3H3,(H,22,27)(H,24,25,26)/t12-/m1/s1. The second kappa shape index (κ2) is 8.97. The van der Waals surface area contributed by atoms with Gasteiger partial charge in [0, 0.05) is 22.8 Å². The summed E-state index contributed by atoms with van der Waals surface area (Å²) >= 11 is 3.51. The molecule has 0 unspecified atom stereocenters. The summed E-state index contributed by atoms with van der Waals surface area (Å²) in [5.74, 6) is 1.76. The maximum absolute atomic E-state index is 10.9. The smallest absolute Gasteiger partial charge is 0.216 e. The van der Waals surface area contributed by atoms with Gasteiger partial charge in [0.05, 0.1) is 24.3 Å². The first-order valence-corrected chi connectivity index (χ1v) is 9.75. The van der Waals surface area contributed by atoms with Crippen molar-refractivity contribution >= 4 is 38.6 Å². The van der Waals surface area contributed by atoms with Crippen LogP contribution >= 0.6 is 15.9 Å². The molecular weight excluding hydrogens is 422 g/mol. The number of aromatic nitrogens is 3. The van der Waals surface area contributed by atoms with Crippen molar-refractivity contribution in [3.05, 3.63) is 52.4 Å². The average molecular weight is 444 g/mol. The van der Waals surface area contributed by atoms with Crippen LogP contribution in [0, 0.1) is 6.92 Å². The van der Waals surface area contributed by atoms with Gasteiger partial charge in [-0.2, -0.15) is 0 Å². The minimum Gasteiger partial charge on any atom is -0.476 e. The first kappa shape index (κ1) is 20.0. The van der Waals surface area contributed by atoms with Crippen LogP contribution in [0.15, 0.2) is 41.0 Å². The molecule has 2 heterocycles. The number of nitrogens with zero attached hydrogens (tertiary/aromatic N) is 3. The lowest BCUT2D eigenvalue weighted by atomic mass is 10.1. The number of anilines is 1. The fourth-order valence-electron chi connectivity index (χ4n) is 2.77. The second-order valence-electron chi connectivity index (χ2n) is 6.41. The molecule has 0 saturated carbocycles. The molecule has 0 saturated heterocycles. The van der Waals surface area contributed by atoms with Crippen molar-refractivity contribution in [3.63, 3.8) is 0 Å². The summed E-state index contributed by atoms with van der Waals surface area (Å²) in [7, 11) is 0. The highest BCUT2D eigenvalue weighted by Gasteiger charge is 2.12. The van der Waals surface area contributed by atoms with Gasteiger partial charge in [-0.05, 0) is 31.5 Å². The summed E-state index contributed by atoms with van der Waals surface area (Å²) in [6.45, 7) is 6.16. The van der Waals surface area contributed by atoms with E-state index >= 15 is 0 Å². The molecule has 146 valence electrons. The molecule has 1 aromatic carbocycles. The lowest BCUT2D eigenvalue weighted by molar-refractivity contribution is -0.119. The van der Waals surface area contributed by atoms with Crippen LogP contribution in [0.4, 0.5) is 5.82 Å². The molecular formula is C20H22BrN5O2. The molecule has 0 aliphatic rings. The molecule has 0 radical (unpaired) electrons. The van der Waals surface area contributed by atoms with E-state index in [1.54, 1.807) is 6.20 Å². The van der Waals surface area contributed by atoms with Crippen molar-refractivity contribution in [2.75, 3.05) is 18.5 Å². The van der Waals surface area contributed by atoms with Gasteiger partial charge in [-0.25, -0.2) is 15.0 Å². The summed E-state index contributed by atoms with van der Waals surface area (Å²) in [5.41, 5.74) is 1.88. The van der Waals surface area contributed by atoms with Crippen molar-refractivity contribution in [2.24, 2.45) is 0 Å². The highest BCUT2D eigenvalue weighted by atomic mass is 79.9. The van der Waals surface area contributed by atoms with Gasteiger partial charge in [0.25, 0.3) is 0 Å². The summed E-state index contributed by atoms with van der Waals surface area (Å²) in [4.78, 5) is 24.3. The van der Waals surface area contributed by atoms with Gasteiger partial charge in [-0.3, -0.25) is 4.79 Å². The van der Waals surface area contributed by atoms with Gasteiger partial charge in [0.15, 0.2) is 0 Å². The Hall–Kier alpha value is -2.74. The molecule has 0 fully saturated rings. The Labute approximate surface area is 172 Å². The zero-order valence-corrected chi connectivity index (χ0v) is 17.6. The SMILES string of the molecule is CC(=O)NCCOc1cc2c(N[C@H](C)c3cccc(Br)c3)nc(C)nc2cn1. The van der Waals surface area contributed by atoms with Crippen molar-refractivity contribution in [1.29, 1.82) is 0 Å². The van der Waals surface area contributed by atoms with Crippen molar-refractivity contribution < 1.29 is 9.53 Å². The number of benzene rings is 1. The van der Waals surface area contributed by atoms with E-state index in [1.807, 2.05) is 25.1 Å². The minimum atomic E-state index is -0.0908. The summed E-state index contributed by atoms with van der Waals surface area (Å²) < 4.78 is 6.67. The highest BCUT2D eigenvalue weighted by molar-refractivity contribution is 9.10. The predicted octanol–water partition coefficient (Wildman–Crippen LogP) is 3.78. The van der Waals surface area contributed by atoms with E-state index < -0.39 is 0 Å². The molecule has 1 amide bonds. The van der Waals surface area contributed by atoms with Crippen LogP contribution in [-0.2, 0) is 4.79 Å². The van der Waals surface area contributed by atoms with Crippen LogP contribution in [0.1, 0.15) is 31.3 Å². The first-order valence-electron chi connectivity index (χ1n) is 8.96. The van der Waals surface area contributed by atoms with Gasteiger partial charge in [0.1, 0.15) is 18.2 Å². The Morgan fingerprint density at radius 2 is 2.11 bits per heavy atom. The van der Waals surface area contributed by atoms with Gasteiger partial charge >= 0.3 is 0 Å². The Bertz CT molecular complexity index is 995. The predicted molar refractivity (Wildman–Crippen MR) is 112 cm³/mol. The maximum atomic E-state index is 10.9. The third-order valence-electron chi connectivity index (χ3n) is 4.10. The third-order valence-corrected chi connectivity index (χ3v) is 4.59. The number of hydrogen-bond donors (Lipinski definition) is 2. The quantitative estimate of drug-likeness (QED) is 0.540. The lowest BCUT2D eigenvalue weighted by Gasteiger charge is -2.17. The third kappa shape index (κ3) is 5.16. The molecule has 7 nitrogen and oxygen atoms in total. The Morgan fingerprint density at radius 1 is 1.29 bits per heavy atom. The van der Waals surface area contributed by atoms with Crippen LogP contribution < -0.4 is 15.4 Å². The number of pyridine rings is 1. The Kier molecular flexibility index (Phi) is 6.41. The molecule has 2 aromatic heterocycles. The number of halogens is 1. The average Bonchev–Trinajstić information content (AvgIpc) is 2.65. The number of rotatable bonds is 7. The van der Waals surface area contributed by atoms with Crippen LogP contribution in [0.25, 0.3) is 10.9 Å². The molecule has 0 aliphatic carbocycles. The van der Waals surface area contributed by atoms with Crippen LogP contribution in [0.2, 0.25) is 0 Å². The molecule has 0 bridgehead atoms. The highest BCUT2D eigenvalue weighted by Crippen LogP contribution is 2.27. The van der Waals surface area contributed by atoms with E-state index in [2.05, 4.69) is 60.6 Å². The van der Waals surface area contributed by atoms with Gasteiger partial charge in [0.2, 0.25) is 11.8 Å². The van der Waals surface area contributed by atoms with Crippen molar-refractivity contribution in [3.8, 4) is 5.88 Å². The normalized spacial score (nSPS) is 11.9. The zero-order chi connectivity index (χ0) is 20.1. The molecule has 2 N–H and O–H groups in total. The number of carbonyl (C=O) groups is 1. The van der Waals surface area contributed by atoms with E-state index in [4.69, 9.17) is 4.74 Å². The van der Waals surface area contributed by atoms with Gasteiger partial charge < -0.3 is 15.4 Å². The zero-order valence-electron chi connectivity index (χ0n) is 16.0. The van der Waals surface area contributed by atoms with E-state index in [0.717, 1.165) is 26.8 Å². The number of amides is 1. The molecule has 0 spiro atoms. The fourth-order valence-corrected chi connectivity index (χ4v) is 3.18. The number of carbonyl (C=O) groups excluding carboxylic acids is 1. The number of nitrogens with one attached hydrogen (secondary N) is 2. The summed E-state index contributed by atoms with van der Waals surface area (Å²) in [6, 6.07) is 10.0. The fraction of sp³-hybridized carbons (Fsp3) is 0.300. The Morgan fingerprint density at radius 3 is 2.86 bits per heavy atom. The molecule has 3 aromatic rings. The minimum absolute atomic E-state index is 0.0484. The number of fused-ring (bicyclic) bond motifs is 1. The summed E-state index contributed by atoms with van der Waals surface area (Å²) in [5, 5.41) is 6.98. The van der Waals surface area contributed by atoms with E-state index in [-0.39, 0.29) is 11.9 Å². The maximum Gasteiger partial charge on any atom is 0.216 e. The first-order chi connectivity index (χ1) is 13.4. The molecule has 1 atom stereocenters. The number of aryl methyl sites for hydroxylation is 1. The van der Waals surface area contributed by atoms with Crippen molar-refractivity contribution in [2.45, 2.75) is 26.8 Å². The molecule has 3 rings (SSSR count). The van der Waals surface area contributed by atoms with Crippen molar-refractivity contribution in [1.82, 2.24) is 20.3 Å². The molecule has 8 heteroatoms. The summed E-state index contributed by atoms with van der Waals surface area (Å²) in [6.07, 6.45) is 1.67. The second-order valence-corrected chi connectivity index (χ2v) is 7.33. The lowest BCUT2D eigenvalue weighted by Crippen LogP contribution is -2.25. The van der Waals surface area contributed by atoms with Crippen LogP contribution in [0.3, 0.4) is 0 Å². The van der Waals surface area contributed by atoms with E-state index in [9.17, 15) is 4.79 Å². The van der Waals surface area contributed by atoms with E-state index in [0.29, 0.717) is 24.9 Å². The van der Waals surface area contributed by atoms with Gasteiger partial charge in [-0.1, -0.05) is 28.1 Å². The topological polar surface area (TPSA) is 89.0 Å². The van der Waals surface area contributed by atoms with Crippen LogP contribution in [0.5, 0.6) is 5.88 Å². The molecule has 28 heavy (non-hydrogen) atoms.